The summed E-state index contributed by atoms with van der Waals surface area (Å²) in [5.74, 6) is -53.1. The van der Waals surface area contributed by atoms with Gasteiger partial charge in [0.1, 0.15) is 5.75 Å². The molecule has 1 rings (SSSR count). The van der Waals surface area contributed by atoms with Crippen LogP contribution in [0, 0.1) is 6.92 Å². The molecular formula is C15H7F15O2. The SMILES string of the molecule is Cc1cccc(OC(=O)C(F)(F)C(F)(F)C(F)(F)C(F)(F)C(F)(F)C(F)(F)C(F)(F)F)c1. The van der Waals surface area contributed by atoms with Gasteiger partial charge >= 0.3 is 47.7 Å². The zero-order valence-corrected chi connectivity index (χ0v) is 14.8. The molecule has 0 aromatic heterocycles. The summed E-state index contributed by atoms with van der Waals surface area (Å²) < 4.78 is 199. The molecule has 0 saturated heterocycles. The number of alkyl halides is 15. The summed E-state index contributed by atoms with van der Waals surface area (Å²) >= 11 is 0. The highest BCUT2D eigenvalue weighted by atomic mass is 19.4. The molecule has 184 valence electrons. The van der Waals surface area contributed by atoms with Crippen LogP contribution in [-0.2, 0) is 4.79 Å². The first-order valence-corrected chi connectivity index (χ1v) is 7.52. The van der Waals surface area contributed by atoms with E-state index in [2.05, 4.69) is 4.74 Å². The molecule has 0 spiro atoms. The van der Waals surface area contributed by atoms with Gasteiger partial charge in [-0.1, -0.05) is 12.1 Å². The summed E-state index contributed by atoms with van der Waals surface area (Å²) in [7, 11) is 0. The summed E-state index contributed by atoms with van der Waals surface area (Å²) in [5, 5.41) is 0. The standard InChI is InChI=1S/C15H7F15O2/c1-6-3-2-4-7(5-6)32-8(31)9(16,17)10(18,19)11(20,21)12(22,23)13(24,25)14(26,27)15(28,29)30/h2-5H,1H3. The van der Waals surface area contributed by atoms with Crippen molar-refractivity contribution in [2.75, 3.05) is 0 Å². The molecule has 0 unspecified atom stereocenters. The van der Waals surface area contributed by atoms with E-state index in [1.54, 1.807) is 0 Å². The number of ether oxygens (including phenoxy) is 1. The van der Waals surface area contributed by atoms with Gasteiger partial charge in [-0.2, -0.15) is 65.9 Å². The second kappa shape index (κ2) is 7.60. The van der Waals surface area contributed by atoms with Crippen molar-refractivity contribution in [1.29, 1.82) is 0 Å². The molecule has 0 heterocycles. The first-order valence-electron chi connectivity index (χ1n) is 7.52. The summed E-state index contributed by atoms with van der Waals surface area (Å²) in [6.45, 7) is 1.21. The molecule has 0 aliphatic heterocycles. The number of aryl methyl sites for hydroxylation is 1. The van der Waals surface area contributed by atoms with Gasteiger partial charge in [0.25, 0.3) is 0 Å². The first kappa shape index (κ1) is 27.7. The van der Waals surface area contributed by atoms with Crippen molar-refractivity contribution < 1.29 is 75.4 Å². The third kappa shape index (κ3) is 3.82. The van der Waals surface area contributed by atoms with E-state index in [4.69, 9.17) is 0 Å². The molecule has 0 N–H and O–H groups in total. The average Bonchev–Trinajstić information content (AvgIpc) is 2.59. The lowest BCUT2D eigenvalue weighted by molar-refractivity contribution is -0.450. The average molecular weight is 504 g/mol. The minimum atomic E-state index is -8.46. The molecule has 0 saturated carbocycles. The molecule has 0 fully saturated rings. The van der Waals surface area contributed by atoms with Gasteiger partial charge in [0.15, 0.2) is 0 Å². The van der Waals surface area contributed by atoms with Crippen LogP contribution in [0.1, 0.15) is 5.56 Å². The van der Waals surface area contributed by atoms with Gasteiger partial charge in [-0.3, -0.25) is 0 Å². The minimum Gasteiger partial charge on any atom is -0.422 e. The van der Waals surface area contributed by atoms with Crippen LogP contribution in [0.2, 0.25) is 0 Å². The summed E-state index contributed by atoms with van der Waals surface area (Å²) in [6.07, 6.45) is -7.70. The van der Waals surface area contributed by atoms with Gasteiger partial charge < -0.3 is 4.74 Å². The van der Waals surface area contributed by atoms with Crippen LogP contribution in [0.3, 0.4) is 0 Å². The van der Waals surface area contributed by atoms with Crippen LogP contribution in [0.25, 0.3) is 0 Å². The van der Waals surface area contributed by atoms with Gasteiger partial charge in [0.2, 0.25) is 0 Å². The molecule has 1 aromatic carbocycles. The smallest absolute Gasteiger partial charge is 0.422 e. The van der Waals surface area contributed by atoms with Crippen LogP contribution in [0.15, 0.2) is 24.3 Å². The van der Waals surface area contributed by atoms with Crippen molar-refractivity contribution in [3.63, 3.8) is 0 Å². The summed E-state index contributed by atoms with van der Waals surface area (Å²) in [4.78, 5) is 11.2. The number of halogens is 15. The molecule has 32 heavy (non-hydrogen) atoms. The van der Waals surface area contributed by atoms with Crippen molar-refractivity contribution in [3.8, 4) is 5.75 Å². The Morgan fingerprint density at radius 1 is 0.656 bits per heavy atom. The van der Waals surface area contributed by atoms with Gasteiger partial charge in [0, 0.05) is 0 Å². The van der Waals surface area contributed by atoms with E-state index in [9.17, 15) is 70.7 Å². The molecule has 17 heteroatoms. The molecular weight excluding hydrogens is 497 g/mol. The second-order valence-corrected chi connectivity index (χ2v) is 6.15. The lowest BCUT2D eigenvalue weighted by Crippen LogP contribution is -2.73. The number of carbonyl (C=O) groups is 1. The number of rotatable bonds is 7. The number of hydrogen-bond donors (Lipinski definition) is 0. The van der Waals surface area contributed by atoms with Crippen LogP contribution < -0.4 is 4.74 Å². The molecule has 0 amide bonds. The van der Waals surface area contributed by atoms with Crippen LogP contribution in [-0.4, -0.2) is 47.7 Å². The third-order valence-electron chi connectivity index (χ3n) is 3.78. The summed E-state index contributed by atoms with van der Waals surface area (Å²) in [6, 6.07) is 3.42. The predicted molar refractivity (Wildman–Crippen MR) is 72.6 cm³/mol. The van der Waals surface area contributed by atoms with Crippen LogP contribution in [0.5, 0.6) is 5.75 Å². The van der Waals surface area contributed by atoms with E-state index in [1.807, 2.05) is 0 Å². The Morgan fingerprint density at radius 3 is 1.47 bits per heavy atom. The van der Waals surface area contributed by atoms with Crippen molar-refractivity contribution >= 4 is 5.97 Å². The Morgan fingerprint density at radius 2 is 1.06 bits per heavy atom. The number of hydrogen-bond acceptors (Lipinski definition) is 2. The first-order chi connectivity index (χ1) is 13.9. The predicted octanol–water partition coefficient (Wildman–Crippen LogP) is 6.27. The van der Waals surface area contributed by atoms with Gasteiger partial charge in [0.05, 0.1) is 0 Å². The quantitative estimate of drug-likeness (QED) is 0.249. The highest BCUT2D eigenvalue weighted by Gasteiger charge is 2.94. The third-order valence-corrected chi connectivity index (χ3v) is 3.78. The highest BCUT2D eigenvalue weighted by molar-refractivity contribution is 5.81. The fourth-order valence-corrected chi connectivity index (χ4v) is 1.94. The lowest BCUT2D eigenvalue weighted by atomic mass is 9.91. The molecule has 0 aliphatic rings. The van der Waals surface area contributed by atoms with Gasteiger partial charge in [-0.05, 0) is 24.6 Å². The fourth-order valence-electron chi connectivity index (χ4n) is 1.94. The Balaban J connectivity index is 3.49. The number of esters is 1. The monoisotopic (exact) mass is 504 g/mol. The molecule has 1 aromatic rings. The molecule has 0 aliphatic carbocycles. The summed E-state index contributed by atoms with van der Waals surface area (Å²) in [5.41, 5.74) is 0.0938. The maximum atomic E-state index is 13.6. The van der Waals surface area contributed by atoms with E-state index in [1.165, 1.54) is 13.0 Å². The van der Waals surface area contributed by atoms with Crippen molar-refractivity contribution in [3.05, 3.63) is 29.8 Å². The normalized spacial score (nSPS) is 15.0. The van der Waals surface area contributed by atoms with Gasteiger partial charge in [-0.15, -0.1) is 0 Å². The Labute approximate surface area is 166 Å². The maximum absolute atomic E-state index is 13.6. The zero-order valence-electron chi connectivity index (χ0n) is 14.8. The molecule has 0 atom stereocenters. The minimum absolute atomic E-state index is 0.0938. The van der Waals surface area contributed by atoms with E-state index in [0.29, 0.717) is 12.1 Å². The second-order valence-electron chi connectivity index (χ2n) is 6.15. The highest BCUT2D eigenvalue weighted by Crippen LogP contribution is 2.62. The van der Waals surface area contributed by atoms with Crippen molar-refractivity contribution in [2.24, 2.45) is 0 Å². The fraction of sp³-hybridized carbons (Fsp3) is 0.533. The number of carbonyl (C=O) groups excluding carboxylic acids is 1. The van der Waals surface area contributed by atoms with E-state index < -0.39 is 53.4 Å². The Kier molecular flexibility index (Phi) is 6.58. The van der Waals surface area contributed by atoms with Gasteiger partial charge in [-0.25, -0.2) is 4.79 Å². The number of benzene rings is 1. The van der Waals surface area contributed by atoms with E-state index in [-0.39, 0.29) is 5.56 Å². The zero-order chi connectivity index (χ0) is 25.8. The largest absolute Gasteiger partial charge is 0.460 e. The van der Waals surface area contributed by atoms with Crippen molar-refractivity contribution in [2.45, 2.75) is 48.6 Å². The Hall–Kier alpha value is -2.36. The molecule has 2 nitrogen and oxygen atoms in total. The Bertz CT molecular complexity index is 857. The van der Waals surface area contributed by atoms with Crippen molar-refractivity contribution in [1.82, 2.24) is 0 Å². The maximum Gasteiger partial charge on any atom is 0.460 e. The van der Waals surface area contributed by atoms with E-state index in [0.717, 1.165) is 6.07 Å². The molecule has 0 radical (unpaired) electrons. The topological polar surface area (TPSA) is 26.3 Å². The molecule has 0 bridgehead atoms. The van der Waals surface area contributed by atoms with Crippen LogP contribution in [0.4, 0.5) is 65.9 Å². The lowest BCUT2D eigenvalue weighted by Gasteiger charge is -2.40. The van der Waals surface area contributed by atoms with Crippen LogP contribution >= 0.6 is 0 Å². The van der Waals surface area contributed by atoms with E-state index >= 15 is 0 Å².